The van der Waals surface area contributed by atoms with Crippen molar-refractivity contribution in [3.63, 3.8) is 0 Å². The van der Waals surface area contributed by atoms with Crippen molar-refractivity contribution in [2.24, 2.45) is 5.10 Å². The van der Waals surface area contributed by atoms with E-state index in [-0.39, 0.29) is 4.90 Å². The molecule has 1 N–H and O–H groups in total. The summed E-state index contributed by atoms with van der Waals surface area (Å²) < 4.78 is 26.1. The Kier molecular flexibility index (Phi) is 5.91. The maximum atomic E-state index is 12.5. The van der Waals surface area contributed by atoms with Crippen LogP contribution in [0.1, 0.15) is 4.88 Å². The number of hydrogen-bond acceptors (Lipinski definition) is 5. The standard InChI is InChI=1S/C21H15ClN2O2S3/c22-17-6-8-18(9-7-17)27-21-12-10-19(28-21)14-23-24-29(25,26)20-11-5-15-3-1-2-4-16(15)13-20/h1-14,24H/b23-14+. The van der Waals surface area contributed by atoms with Crippen LogP contribution in [0.3, 0.4) is 0 Å². The fourth-order valence-corrected chi connectivity index (χ4v) is 5.57. The van der Waals surface area contributed by atoms with Crippen LogP contribution in [-0.4, -0.2) is 14.6 Å². The zero-order valence-electron chi connectivity index (χ0n) is 14.9. The molecule has 0 spiro atoms. The normalized spacial score (nSPS) is 11.9. The lowest BCUT2D eigenvalue weighted by Gasteiger charge is -2.04. The number of thiophene rings is 1. The molecular formula is C21H15ClN2O2S3. The van der Waals surface area contributed by atoms with E-state index < -0.39 is 10.0 Å². The van der Waals surface area contributed by atoms with Crippen molar-refractivity contribution in [1.29, 1.82) is 0 Å². The second-order valence-electron chi connectivity index (χ2n) is 6.07. The van der Waals surface area contributed by atoms with Crippen molar-refractivity contribution in [2.45, 2.75) is 14.0 Å². The minimum absolute atomic E-state index is 0.179. The predicted molar refractivity (Wildman–Crippen MR) is 122 cm³/mol. The Hall–Kier alpha value is -2.32. The lowest BCUT2D eigenvalue weighted by atomic mass is 10.1. The first kappa shape index (κ1) is 20.0. The van der Waals surface area contributed by atoms with Gasteiger partial charge in [-0.3, -0.25) is 0 Å². The van der Waals surface area contributed by atoms with Gasteiger partial charge in [0.2, 0.25) is 0 Å². The molecule has 0 aliphatic heterocycles. The topological polar surface area (TPSA) is 58.5 Å². The van der Waals surface area contributed by atoms with Crippen LogP contribution in [0.4, 0.5) is 0 Å². The summed E-state index contributed by atoms with van der Waals surface area (Å²) in [6.07, 6.45) is 1.51. The fraction of sp³-hybridized carbons (Fsp3) is 0. The molecule has 4 rings (SSSR count). The fourth-order valence-electron chi connectivity index (χ4n) is 2.62. The Morgan fingerprint density at radius 1 is 0.931 bits per heavy atom. The van der Waals surface area contributed by atoms with Crippen LogP contribution in [0.15, 0.2) is 98.0 Å². The van der Waals surface area contributed by atoms with Gasteiger partial charge in [-0.1, -0.05) is 53.7 Å². The Bertz CT molecular complexity index is 1280. The number of hydrogen-bond donors (Lipinski definition) is 1. The van der Waals surface area contributed by atoms with Gasteiger partial charge in [0.05, 0.1) is 15.3 Å². The monoisotopic (exact) mass is 458 g/mol. The highest BCUT2D eigenvalue weighted by Gasteiger charge is 2.13. The zero-order valence-corrected chi connectivity index (χ0v) is 18.2. The molecular weight excluding hydrogens is 444 g/mol. The smallest absolute Gasteiger partial charge is 0.200 e. The Morgan fingerprint density at radius 2 is 1.69 bits per heavy atom. The summed E-state index contributed by atoms with van der Waals surface area (Å²) in [6, 6.07) is 24.1. The average Bonchev–Trinajstić information content (AvgIpc) is 3.16. The molecule has 3 aromatic carbocycles. The zero-order chi connectivity index (χ0) is 20.3. The maximum absolute atomic E-state index is 12.5. The lowest BCUT2D eigenvalue weighted by Crippen LogP contribution is -2.18. The van der Waals surface area contributed by atoms with Gasteiger partial charge in [-0.15, -0.1) is 11.3 Å². The van der Waals surface area contributed by atoms with Crippen LogP contribution in [0.2, 0.25) is 5.02 Å². The SMILES string of the molecule is O=S(=O)(N/N=C/c1ccc(Sc2ccc(Cl)cc2)s1)c1ccc2ccccc2c1. The van der Waals surface area contributed by atoms with Crippen LogP contribution < -0.4 is 4.83 Å². The summed E-state index contributed by atoms with van der Waals surface area (Å²) in [5, 5.41) is 6.47. The summed E-state index contributed by atoms with van der Waals surface area (Å²) >= 11 is 9.05. The van der Waals surface area contributed by atoms with E-state index >= 15 is 0 Å². The molecule has 1 aromatic heterocycles. The maximum Gasteiger partial charge on any atom is 0.276 e. The molecule has 0 aliphatic rings. The minimum Gasteiger partial charge on any atom is -0.200 e. The summed E-state index contributed by atoms with van der Waals surface area (Å²) in [6.45, 7) is 0. The molecule has 0 aliphatic carbocycles. The molecule has 0 saturated heterocycles. The molecule has 0 radical (unpaired) electrons. The molecule has 8 heteroatoms. The van der Waals surface area contributed by atoms with Crippen LogP contribution >= 0.6 is 34.7 Å². The van der Waals surface area contributed by atoms with Gasteiger partial charge >= 0.3 is 0 Å². The number of hydrazone groups is 1. The molecule has 4 nitrogen and oxygen atoms in total. The Morgan fingerprint density at radius 3 is 2.48 bits per heavy atom. The van der Waals surface area contributed by atoms with E-state index in [2.05, 4.69) is 9.93 Å². The van der Waals surface area contributed by atoms with E-state index in [1.54, 1.807) is 30.0 Å². The summed E-state index contributed by atoms with van der Waals surface area (Å²) in [5.74, 6) is 0. The van der Waals surface area contributed by atoms with Crippen LogP contribution in [0.25, 0.3) is 10.8 Å². The van der Waals surface area contributed by atoms with Crippen LogP contribution in [0, 0.1) is 0 Å². The number of nitrogens with zero attached hydrogens (tertiary/aromatic N) is 1. The Balaban J connectivity index is 1.43. The highest BCUT2D eigenvalue weighted by atomic mass is 35.5. The predicted octanol–water partition coefficient (Wildman–Crippen LogP) is 6.02. The third-order valence-electron chi connectivity index (χ3n) is 4.03. The number of rotatable bonds is 6. The van der Waals surface area contributed by atoms with E-state index in [0.717, 1.165) is 24.8 Å². The van der Waals surface area contributed by atoms with Gasteiger partial charge in [-0.25, -0.2) is 4.83 Å². The molecule has 1 heterocycles. The minimum atomic E-state index is -3.73. The van der Waals surface area contributed by atoms with E-state index in [0.29, 0.717) is 5.02 Å². The molecule has 0 bridgehead atoms. The third kappa shape index (κ3) is 5.00. The van der Waals surface area contributed by atoms with Gasteiger partial charge in [0.15, 0.2) is 0 Å². The second kappa shape index (κ2) is 8.59. The molecule has 0 amide bonds. The van der Waals surface area contributed by atoms with Gasteiger partial charge in [-0.2, -0.15) is 13.5 Å². The van der Waals surface area contributed by atoms with E-state index in [1.165, 1.54) is 17.6 Å². The molecule has 4 aromatic rings. The molecule has 146 valence electrons. The molecule has 0 saturated carbocycles. The molecule has 0 unspecified atom stereocenters. The first-order valence-corrected chi connectivity index (χ1v) is 12.1. The molecule has 0 atom stereocenters. The highest BCUT2D eigenvalue weighted by Crippen LogP contribution is 2.33. The summed E-state index contributed by atoms with van der Waals surface area (Å²) in [5.41, 5.74) is 0. The number of sulfonamides is 1. The van der Waals surface area contributed by atoms with E-state index in [4.69, 9.17) is 11.6 Å². The van der Waals surface area contributed by atoms with Gasteiger partial charge in [-0.05, 0) is 59.3 Å². The largest absolute Gasteiger partial charge is 0.276 e. The van der Waals surface area contributed by atoms with Crippen LogP contribution in [0.5, 0.6) is 0 Å². The highest BCUT2D eigenvalue weighted by molar-refractivity contribution is 8.01. The number of halogens is 1. The van der Waals surface area contributed by atoms with Gasteiger partial charge in [0.1, 0.15) is 0 Å². The van der Waals surface area contributed by atoms with Crippen LogP contribution in [-0.2, 0) is 10.0 Å². The number of nitrogens with one attached hydrogen (secondary N) is 1. The van der Waals surface area contributed by atoms with E-state index in [1.807, 2.05) is 60.7 Å². The van der Waals surface area contributed by atoms with Crippen molar-refractivity contribution in [1.82, 2.24) is 4.83 Å². The Labute approximate surface area is 182 Å². The number of fused-ring (bicyclic) bond motifs is 1. The van der Waals surface area contributed by atoms with Crippen molar-refractivity contribution in [2.75, 3.05) is 0 Å². The first-order chi connectivity index (χ1) is 14.0. The summed E-state index contributed by atoms with van der Waals surface area (Å²) in [4.78, 5) is 4.39. The lowest BCUT2D eigenvalue weighted by molar-refractivity contribution is 0.585. The average molecular weight is 459 g/mol. The van der Waals surface area contributed by atoms with Gasteiger partial charge < -0.3 is 0 Å². The van der Waals surface area contributed by atoms with E-state index in [9.17, 15) is 8.42 Å². The number of benzene rings is 3. The van der Waals surface area contributed by atoms with Crippen molar-refractivity contribution >= 4 is 61.7 Å². The first-order valence-electron chi connectivity index (χ1n) is 8.56. The van der Waals surface area contributed by atoms with Gasteiger partial charge in [0, 0.05) is 14.8 Å². The molecule has 29 heavy (non-hydrogen) atoms. The van der Waals surface area contributed by atoms with Crippen molar-refractivity contribution in [3.8, 4) is 0 Å². The van der Waals surface area contributed by atoms with Crippen molar-refractivity contribution in [3.05, 3.63) is 88.8 Å². The quantitative estimate of drug-likeness (QED) is 0.284. The van der Waals surface area contributed by atoms with Gasteiger partial charge in [0.25, 0.3) is 10.0 Å². The summed E-state index contributed by atoms with van der Waals surface area (Å²) in [7, 11) is -3.73. The molecule has 0 fully saturated rings. The third-order valence-corrected chi connectivity index (χ3v) is 7.66. The second-order valence-corrected chi connectivity index (χ2v) is 10.7. The van der Waals surface area contributed by atoms with Crippen molar-refractivity contribution < 1.29 is 8.42 Å².